The molecular weight excluding hydrogens is 186 g/mol. The van der Waals surface area contributed by atoms with Gasteiger partial charge in [-0.15, -0.1) is 0 Å². The number of carbonyl (C=O) groups is 1. The van der Waals surface area contributed by atoms with Crippen molar-refractivity contribution in [2.75, 3.05) is 7.11 Å². The van der Waals surface area contributed by atoms with E-state index in [1.165, 1.54) is 32.2 Å². The lowest BCUT2D eigenvalue weighted by molar-refractivity contribution is -0.385. The minimum atomic E-state index is -0.553. The van der Waals surface area contributed by atoms with Gasteiger partial charge in [0.15, 0.2) is 11.5 Å². The van der Waals surface area contributed by atoms with Gasteiger partial charge in [0.25, 0.3) is 0 Å². The SMILES string of the molecule is COc1cc(C(C)=O)ccc1[N+](=O)[O-]. The van der Waals surface area contributed by atoms with Gasteiger partial charge in [-0.05, 0) is 19.1 Å². The molecule has 0 saturated heterocycles. The summed E-state index contributed by atoms with van der Waals surface area (Å²) in [6, 6.07) is 4.03. The van der Waals surface area contributed by atoms with Crippen molar-refractivity contribution in [2.45, 2.75) is 6.92 Å². The average Bonchev–Trinajstić information content (AvgIpc) is 2.16. The van der Waals surface area contributed by atoms with Gasteiger partial charge in [-0.2, -0.15) is 0 Å². The monoisotopic (exact) mass is 195 g/mol. The molecule has 0 spiro atoms. The number of hydrogen-bond donors (Lipinski definition) is 0. The van der Waals surface area contributed by atoms with Crippen LogP contribution < -0.4 is 4.74 Å². The largest absolute Gasteiger partial charge is 0.490 e. The Hall–Kier alpha value is -1.91. The Labute approximate surface area is 80.5 Å². The molecule has 0 amide bonds. The molecule has 0 atom stereocenters. The molecule has 0 aliphatic rings. The molecule has 14 heavy (non-hydrogen) atoms. The Morgan fingerprint density at radius 2 is 2.14 bits per heavy atom. The predicted octanol–water partition coefficient (Wildman–Crippen LogP) is 1.81. The maximum Gasteiger partial charge on any atom is 0.310 e. The summed E-state index contributed by atoms with van der Waals surface area (Å²) in [5.74, 6) is -0.0547. The Morgan fingerprint density at radius 1 is 1.50 bits per heavy atom. The Kier molecular flexibility index (Phi) is 2.81. The van der Waals surface area contributed by atoms with Gasteiger partial charge in [-0.3, -0.25) is 14.9 Å². The van der Waals surface area contributed by atoms with E-state index in [0.717, 1.165) is 0 Å². The van der Waals surface area contributed by atoms with E-state index in [2.05, 4.69) is 0 Å². The predicted molar refractivity (Wildman–Crippen MR) is 49.7 cm³/mol. The summed E-state index contributed by atoms with van der Waals surface area (Å²) in [5, 5.41) is 10.5. The van der Waals surface area contributed by atoms with Crippen LogP contribution in [-0.4, -0.2) is 17.8 Å². The third kappa shape index (κ3) is 1.87. The zero-order valence-electron chi connectivity index (χ0n) is 7.81. The number of nitro benzene ring substituents is 1. The second-order valence-electron chi connectivity index (χ2n) is 2.70. The van der Waals surface area contributed by atoms with Crippen molar-refractivity contribution in [2.24, 2.45) is 0 Å². The van der Waals surface area contributed by atoms with Crippen LogP contribution in [-0.2, 0) is 0 Å². The zero-order valence-corrected chi connectivity index (χ0v) is 7.81. The van der Waals surface area contributed by atoms with Crippen molar-refractivity contribution >= 4 is 11.5 Å². The van der Waals surface area contributed by atoms with Crippen molar-refractivity contribution < 1.29 is 14.5 Å². The Morgan fingerprint density at radius 3 is 2.57 bits per heavy atom. The summed E-state index contributed by atoms with van der Waals surface area (Å²) in [6.45, 7) is 1.39. The number of methoxy groups -OCH3 is 1. The van der Waals surface area contributed by atoms with Gasteiger partial charge in [0.1, 0.15) is 0 Å². The zero-order chi connectivity index (χ0) is 10.7. The number of nitrogens with zero attached hydrogens (tertiary/aromatic N) is 1. The van der Waals surface area contributed by atoms with Crippen LogP contribution in [0, 0.1) is 10.1 Å². The van der Waals surface area contributed by atoms with Crippen molar-refractivity contribution in [1.82, 2.24) is 0 Å². The van der Waals surface area contributed by atoms with Gasteiger partial charge in [0, 0.05) is 11.6 Å². The fourth-order valence-electron chi connectivity index (χ4n) is 1.05. The van der Waals surface area contributed by atoms with Crippen LogP contribution >= 0.6 is 0 Å². The normalized spacial score (nSPS) is 9.57. The second kappa shape index (κ2) is 3.87. The van der Waals surface area contributed by atoms with Gasteiger partial charge in [0.2, 0.25) is 0 Å². The number of ether oxygens (including phenoxy) is 1. The molecule has 0 aliphatic heterocycles. The minimum absolute atomic E-state index is 0.0997. The lowest BCUT2D eigenvalue weighted by Crippen LogP contribution is -1.97. The molecule has 0 bridgehead atoms. The molecular formula is C9H9NO4. The third-order valence-electron chi connectivity index (χ3n) is 1.78. The van der Waals surface area contributed by atoms with E-state index < -0.39 is 4.92 Å². The standard InChI is InChI=1S/C9H9NO4/c1-6(11)7-3-4-8(10(12)13)9(5-7)14-2/h3-5H,1-2H3. The molecule has 0 heterocycles. The summed E-state index contributed by atoms with van der Waals surface area (Å²) in [6.07, 6.45) is 0. The van der Waals surface area contributed by atoms with E-state index in [1.807, 2.05) is 0 Å². The maximum atomic E-state index is 11.0. The summed E-state index contributed by atoms with van der Waals surface area (Å²) in [4.78, 5) is 20.9. The molecule has 0 unspecified atom stereocenters. The number of Topliss-reactive ketones (excluding diaryl/α,β-unsaturated/α-hetero) is 1. The van der Waals surface area contributed by atoms with E-state index in [4.69, 9.17) is 4.74 Å². The first-order chi connectivity index (χ1) is 6.56. The first-order valence-electron chi connectivity index (χ1n) is 3.89. The summed E-state index contributed by atoms with van der Waals surface area (Å²) in [5.41, 5.74) is 0.255. The van der Waals surface area contributed by atoms with Crippen LogP contribution in [0.15, 0.2) is 18.2 Å². The molecule has 1 aromatic carbocycles. The third-order valence-corrected chi connectivity index (χ3v) is 1.78. The minimum Gasteiger partial charge on any atom is -0.490 e. The topological polar surface area (TPSA) is 69.4 Å². The number of rotatable bonds is 3. The highest BCUT2D eigenvalue weighted by Crippen LogP contribution is 2.27. The number of nitro groups is 1. The van der Waals surface area contributed by atoms with E-state index in [1.54, 1.807) is 0 Å². The molecule has 0 radical (unpaired) electrons. The van der Waals surface area contributed by atoms with Crippen molar-refractivity contribution in [1.29, 1.82) is 0 Å². The molecule has 74 valence electrons. The van der Waals surface area contributed by atoms with E-state index in [-0.39, 0.29) is 17.2 Å². The van der Waals surface area contributed by atoms with Crippen LogP contribution in [0.25, 0.3) is 0 Å². The summed E-state index contributed by atoms with van der Waals surface area (Å²) >= 11 is 0. The van der Waals surface area contributed by atoms with E-state index in [9.17, 15) is 14.9 Å². The van der Waals surface area contributed by atoms with E-state index >= 15 is 0 Å². The van der Waals surface area contributed by atoms with Crippen LogP contribution in [0.2, 0.25) is 0 Å². The van der Waals surface area contributed by atoms with Crippen molar-refractivity contribution in [3.05, 3.63) is 33.9 Å². The van der Waals surface area contributed by atoms with Crippen LogP contribution in [0.1, 0.15) is 17.3 Å². The highest BCUT2D eigenvalue weighted by Gasteiger charge is 2.15. The number of hydrogen-bond acceptors (Lipinski definition) is 4. The Balaban J connectivity index is 3.25. The number of ketones is 1. The molecule has 0 aliphatic carbocycles. The quantitative estimate of drug-likeness (QED) is 0.419. The fraction of sp³-hybridized carbons (Fsp3) is 0.222. The van der Waals surface area contributed by atoms with Gasteiger partial charge in [0.05, 0.1) is 12.0 Å². The van der Waals surface area contributed by atoms with Gasteiger partial charge < -0.3 is 4.74 Å². The van der Waals surface area contributed by atoms with Crippen LogP contribution in [0.5, 0.6) is 5.75 Å². The molecule has 5 nitrogen and oxygen atoms in total. The lowest BCUT2D eigenvalue weighted by atomic mass is 10.1. The molecule has 1 rings (SSSR count). The maximum absolute atomic E-state index is 11.0. The highest BCUT2D eigenvalue weighted by atomic mass is 16.6. The fourth-order valence-corrected chi connectivity index (χ4v) is 1.05. The smallest absolute Gasteiger partial charge is 0.310 e. The molecule has 0 aromatic heterocycles. The van der Waals surface area contributed by atoms with Crippen molar-refractivity contribution in [3.63, 3.8) is 0 Å². The van der Waals surface area contributed by atoms with Gasteiger partial charge in [-0.25, -0.2) is 0 Å². The second-order valence-corrected chi connectivity index (χ2v) is 2.70. The van der Waals surface area contributed by atoms with Gasteiger partial charge >= 0.3 is 5.69 Å². The summed E-state index contributed by atoms with van der Waals surface area (Å²) < 4.78 is 4.80. The average molecular weight is 195 g/mol. The molecule has 1 aromatic rings. The highest BCUT2D eigenvalue weighted by molar-refractivity contribution is 5.94. The van der Waals surface area contributed by atoms with Crippen LogP contribution in [0.4, 0.5) is 5.69 Å². The van der Waals surface area contributed by atoms with Crippen LogP contribution in [0.3, 0.4) is 0 Å². The van der Waals surface area contributed by atoms with Gasteiger partial charge in [-0.1, -0.05) is 0 Å². The summed E-state index contributed by atoms with van der Waals surface area (Å²) in [7, 11) is 1.33. The molecule has 0 saturated carbocycles. The van der Waals surface area contributed by atoms with E-state index in [0.29, 0.717) is 5.56 Å². The molecule has 5 heteroatoms. The number of carbonyl (C=O) groups excluding carboxylic acids is 1. The first-order valence-corrected chi connectivity index (χ1v) is 3.89. The first kappa shape index (κ1) is 10.2. The Bertz CT molecular complexity index is 386. The lowest BCUT2D eigenvalue weighted by Gasteiger charge is -2.02. The molecule has 0 fully saturated rings. The number of benzene rings is 1. The molecule has 0 N–H and O–H groups in total. The van der Waals surface area contributed by atoms with Crippen molar-refractivity contribution in [3.8, 4) is 5.75 Å².